The number of para-hydroxylation sites is 1. The molecule has 0 spiro atoms. The first-order valence-corrected chi connectivity index (χ1v) is 15.5. The van der Waals surface area contributed by atoms with E-state index in [1.165, 1.54) is 0 Å². The van der Waals surface area contributed by atoms with Gasteiger partial charge >= 0.3 is 5.97 Å². The number of nitrogens with zero attached hydrogens (tertiary/aromatic N) is 1. The quantitative estimate of drug-likeness (QED) is 0.192. The van der Waals surface area contributed by atoms with E-state index in [1.807, 2.05) is 65.2 Å². The highest BCUT2D eigenvalue weighted by molar-refractivity contribution is 7.92. The summed E-state index contributed by atoms with van der Waals surface area (Å²) in [4.78, 5) is 12.8. The van der Waals surface area contributed by atoms with E-state index in [0.29, 0.717) is 24.5 Å². The lowest BCUT2D eigenvalue weighted by atomic mass is 10.0. The first-order chi connectivity index (χ1) is 19.6. The Labute approximate surface area is 241 Å². The molecule has 0 saturated heterocycles. The van der Waals surface area contributed by atoms with Gasteiger partial charge in [-0.15, -0.1) is 0 Å². The van der Waals surface area contributed by atoms with Crippen molar-refractivity contribution >= 4 is 32.6 Å². The molecule has 41 heavy (non-hydrogen) atoms. The highest BCUT2D eigenvalue weighted by Crippen LogP contribution is 2.25. The number of rotatable bonds is 14. The predicted octanol–water partition coefficient (Wildman–Crippen LogP) is 4.20. The molecule has 3 N–H and O–H groups in total. The average molecular weight is 580 g/mol. The number of ether oxygens (including phenoxy) is 2. The van der Waals surface area contributed by atoms with Crippen LogP contribution in [0.25, 0.3) is 10.9 Å². The zero-order valence-corrected chi connectivity index (χ0v) is 24.4. The molecule has 4 aromatic rings. The second-order valence-electron chi connectivity index (χ2n) is 10.1. The smallest absolute Gasteiger partial charge is 0.354 e. The molecular weight excluding hydrogens is 542 g/mol. The van der Waals surface area contributed by atoms with Gasteiger partial charge in [0.15, 0.2) is 0 Å². The highest BCUT2D eigenvalue weighted by atomic mass is 32.2. The number of aliphatic hydroxyl groups excluding tert-OH is 1. The molecular formula is C31H37N3O6S. The van der Waals surface area contributed by atoms with E-state index < -0.39 is 22.1 Å². The van der Waals surface area contributed by atoms with Crippen LogP contribution in [0, 0.1) is 0 Å². The van der Waals surface area contributed by atoms with Gasteiger partial charge in [0.25, 0.3) is 0 Å². The standard InChI is InChI=1S/C31H37N3O6S/c1-4-39-31(36)30-18-25-17-24(16-22(2)32-19-27(35)21-40-28-8-6-5-7-9-28)12-15-29(25)34(30)20-23-10-13-26(14-11-23)33-41(3,37)38/h5-15,17-18,22,27,32-33,35H,4,16,19-21H2,1-3H3/t22?,27-/m0/s1. The minimum Gasteiger partial charge on any atom is -0.491 e. The van der Waals surface area contributed by atoms with Gasteiger partial charge in [-0.1, -0.05) is 36.4 Å². The van der Waals surface area contributed by atoms with Gasteiger partial charge in [-0.3, -0.25) is 4.72 Å². The summed E-state index contributed by atoms with van der Waals surface area (Å²) in [7, 11) is -3.37. The minimum atomic E-state index is -3.37. The van der Waals surface area contributed by atoms with Crippen LogP contribution in [-0.4, -0.2) is 62.2 Å². The van der Waals surface area contributed by atoms with Crippen LogP contribution in [0.1, 0.15) is 35.5 Å². The van der Waals surface area contributed by atoms with Crippen molar-refractivity contribution in [2.45, 2.75) is 39.0 Å². The van der Waals surface area contributed by atoms with Gasteiger partial charge in [0.05, 0.1) is 12.9 Å². The summed E-state index contributed by atoms with van der Waals surface area (Å²) in [6.07, 6.45) is 1.20. The Morgan fingerprint density at radius 2 is 1.71 bits per heavy atom. The molecule has 1 unspecified atom stereocenters. The fourth-order valence-corrected chi connectivity index (χ4v) is 5.16. The number of fused-ring (bicyclic) bond motifs is 1. The second kappa shape index (κ2) is 13.7. The van der Waals surface area contributed by atoms with Crippen molar-refractivity contribution < 1.29 is 27.8 Å². The molecule has 1 aromatic heterocycles. The van der Waals surface area contributed by atoms with Crippen LogP contribution in [0.3, 0.4) is 0 Å². The molecule has 218 valence electrons. The SMILES string of the molecule is CCOC(=O)c1cc2cc(CC(C)NC[C@H](O)COc3ccccc3)ccc2n1Cc1ccc(NS(C)(=O)=O)cc1. The van der Waals surface area contributed by atoms with Crippen LogP contribution in [-0.2, 0) is 27.7 Å². The molecule has 0 saturated carbocycles. The van der Waals surface area contributed by atoms with E-state index in [9.17, 15) is 18.3 Å². The number of hydrogen-bond donors (Lipinski definition) is 3. The molecule has 0 radical (unpaired) electrons. The van der Waals surface area contributed by atoms with Crippen molar-refractivity contribution in [3.05, 3.63) is 95.7 Å². The van der Waals surface area contributed by atoms with E-state index in [2.05, 4.69) is 23.0 Å². The summed E-state index contributed by atoms with van der Waals surface area (Å²) in [6.45, 7) is 5.12. The van der Waals surface area contributed by atoms with Gasteiger partial charge in [-0.25, -0.2) is 13.2 Å². The fourth-order valence-electron chi connectivity index (χ4n) is 4.60. The van der Waals surface area contributed by atoms with Crippen molar-refractivity contribution in [2.75, 3.05) is 30.7 Å². The van der Waals surface area contributed by atoms with Crippen molar-refractivity contribution in [3.8, 4) is 5.75 Å². The number of esters is 1. The number of aromatic nitrogens is 1. The number of hydrogen-bond acceptors (Lipinski definition) is 7. The zero-order valence-electron chi connectivity index (χ0n) is 23.5. The van der Waals surface area contributed by atoms with Gasteiger partial charge in [0, 0.05) is 35.7 Å². The van der Waals surface area contributed by atoms with Crippen LogP contribution in [0.4, 0.5) is 5.69 Å². The third-order valence-corrected chi connectivity index (χ3v) is 7.08. The molecule has 2 atom stereocenters. The van der Waals surface area contributed by atoms with Crippen LogP contribution >= 0.6 is 0 Å². The number of aliphatic hydroxyl groups is 1. The van der Waals surface area contributed by atoms with Crippen LogP contribution in [0.15, 0.2) is 78.9 Å². The molecule has 3 aromatic carbocycles. The van der Waals surface area contributed by atoms with Crippen LogP contribution in [0.2, 0.25) is 0 Å². The summed E-state index contributed by atoms with van der Waals surface area (Å²) in [5, 5.41) is 14.6. The summed E-state index contributed by atoms with van der Waals surface area (Å²) in [5.74, 6) is 0.324. The predicted molar refractivity (Wildman–Crippen MR) is 161 cm³/mol. The van der Waals surface area contributed by atoms with Crippen molar-refractivity contribution in [2.24, 2.45) is 0 Å². The van der Waals surface area contributed by atoms with Crippen LogP contribution in [0.5, 0.6) is 5.75 Å². The molecule has 9 nitrogen and oxygen atoms in total. The van der Waals surface area contributed by atoms with E-state index in [4.69, 9.17) is 9.47 Å². The molecule has 10 heteroatoms. The number of carbonyl (C=O) groups excluding carboxylic acids is 1. The molecule has 0 aliphatic rings. The lowest BCUT2D eigenvalue weighted by molar-refractivity contribution is 0.0515. The Morgan fingerprint density at radius 1 is 1.00 bits per heavy atom. The minimum absolute atomic E-state index is 0.101. The lowest BCUT2D eigenvalue weighted by Crippen LogP contribution is -2.37. The van der Waals surface area contributed by atoms with Gasteiger partial charge in [0.2, 0.25) is 10.0 Å². The van der Waals surface area contributed by atoms with Crippen molar-refractivity contribution in [3.63, 3.8) is 0 Å². The Kier molecular flexibility index (Phi) is 10.0. The summed E-state index contributed by atoms with van der Waals surface area (Å²) in [6, 6.07) is 24.5. The van der Waals surface area contributed by atoms with E-state index in [1.54, 1.807) is 19.1 Å². The number of nitrogens with one attached hydrogen (secondary N) is 2. The Balaban J connectivity index is 1.44. The molecule has 0 bridgehead atoms. The average Bonchev–Trinajstić information content (AvgIpc) is 3.29. The zero-order chi connectivity index (χ0) is 29.4. The maximum atomic E-state index is 12.8. The maximum absolute atomic E-state index is 12.8. The largest absolute Gasteiger partial charge is 0.491 e. The summed E-state index contributed by atoms with van der Waals surface area (Å²) < 4.78 is 38.4. The molecule has 0 aliphatic heterocycles. The fraction of sp³-hybridized carbons (Fsp3) is 0.323. The lowest BCUT2D eigenvalue weighted by Gasteiger charge is -2.18. The number of benzene rings is 3. The molecule has 1 heterocycles. The number of carbonyl (C=O) groups is 1. The highest BCUT2D eigenvalue weighted by Gasteiger charge is 2.18. The summed E-state index contributed by atoms with van der Waals surface area (Å²) >= 11 is 0. The van der Waals surface area contributed by atoms with Gasteiger partial charge < -0.3 is 24.5 Å². The van der Waals surface area contributed by atoms with E-state index in [0.717, 1.165) is 40.5 Å². The van der Waals surface area contributed by atoms with Gasteiger partial charge in [-0.2, -0.15) is 0 Å². The third-order valence-electron chi connectivity index (χ3n) is 6.48. The van der Waals surface area contributed by atoms with E-state index >= 15 is 0 Å². The molecule has 0 amide bonds. The molecule has 4 rings (SSSR count). The number of anilines is 1. The second-order valence-corrected chi connectivity index (χ2v) is 11.8. The topological polar surface area (TPSA) is 119 Å². The normalized spacial score (nSPS) is 13.1. The maximum Gasteiger partial charge on any atom is 0.354 e. The van der Waals surface area contributed by atoms with Crippen LogP contribution < -0.4 is 14.8 Å². The number of sulfonamides is 1. The first kappa shape index (κ1) is 30.1. The Morgan fingerprint density at radius 3 is 2.39 bits per heavy atom. The van der Waals surface area contributed by atoms with Gasteiger partial charge in [0.1, 0.15) is 24.2 Å². The Hall–Kier alpha value is -3.86. The molecule has 0 fully saturated rings. The first-order valence-electron chi connectivity index (χ1n) is 13.6. The van der Waals surface area contributed by atoms with Crippen molar-refractivity contribution in [1.82, 2.24) is 9.88 Å². The van der Waals surface area contributed by atoms with E-state index in [-0.39, 0.29) is 19.3 Å². The van der Waals surface area contributed by atoms with Gasteiger partial charge in [-0.05, 0) is 73.9 Å². The monoisotopic (exact) mass is 579 g/mol. The third kappa shape index (κ3) is 8.81. The van der Waals surface area contributed by atoms with Crippen molar-refractivity contribution in [1.29, 1.82) is 0 Å². The summed E-state index contributed by atoms with van der Waals surface area (Å²) in [5.41, 5.74) is 3.82. The Bertz CT molecular complexity index is 1550. The molecule has 0 aliphatic carbocycles.